The van der Waals surface area contributed by atoms with Crippen molar-refractivity contribution in [2.75, 3.05) is 31.3 Å². The molecular formula is C10H20N4O2S2. The summed E-state index contributed by atoms with van der Waals surface area (Å²) in [4.78, 5) is 0.0968. The molecule has 0 aliphatic rings. The third-order valence-electron chi connectivity index (χ3n) is 2.51. The summed E-state index contributed by atoms with van der Waals surface area (Å²) in [5.41, 5.74) is 5.68. The quantitative estimate of drug-likeness (QED) is 0.806. The summed E-state index contributed by atoms with van der Waals surface area (Å²) in [6.45, 7) is 3.12. The average Bonchev–Trinajstić information content (AvgIpc) is 2.68. The van der Waals surface area contributed by atoms with Gasteiger partial charge in [-0.2, -0.15) is 21.2 Å². The van der Waals surface area contributed by atoms with Crippen molar-refractivity contribution in [2.24, 2.45) is 0 Å². The highest BCUT2D eigenvalue weighted by atomic mass is 32.2. The molecule has 0 spiro atoms. The van der Waals surface area contributed by atoms with Gasteiger partial charge >= 0.3 is 0 Å². The molecule has 1 heterocycles. The second-order valence-electron chi connectivity index (χ2n) is 3.96. The van der Waals surface area contributed by atoms with Gasteiger partial charge in [0.25, 0.3) is 0 Å². The van der Waals surface area contributed by atoms with Crippen molar-refractivity contribution in [3.05, 3.63) is 6.20 Å². The molecule has 0 bridgehead atoms. The van der Waals surface area contributed by atoms with Gasteiger partial charge in [-0.25, -0.2) is 8.42 Å². The number of rotatable bonds is 7. The minimum absolute atomic E-state index is 0.0689. The van der Waals surface area contributed by atoms with Crippen LogP contribution in [0.25, 0.3) is 0 Å². The van der Waals surface area contributed by atoms with E-state index in [-0.39, 0.29) is 10.7 Å². The number of hydrogen-bond acceptors (Lipinski definition) is 5. The number of hydrogen-bond donors (Lipinski definition) is 1. The number of anilines is 1. The molecule has 0 fully saturated rings. The Bertz CT molecular complexity index is 484. The standard InChI is InChI=1S/C10H20N4O2S2/c1-4-5-14-8-9(10(11)12-14)18(15,16)13(2)6-7-17-3/h8H,4-7H2,1-3H3,(H2,11,12). The Morgan fingerprint density at radius 1 is 1.56 bits per heavy atom. The summed E-state index contributed by atoms with van der Waals surface area (Å²) in [7, 11) is -1.97. The Morgan fingerprint density at radius 2 is 2.22 bits per heavy atom. The Labute approximate surface area is 113 Å². The van der Waals surface area contributed by atoms with Crippen LogP contribution in [-0.2, 0) is 16.6 Å². The lowest BCUT2D eigenvalue weighted by molar-refractivity contribution is 0.488. The van der Waals surface area contributed by atoms with Crippen LogP contribution in [0.15, 0.2) is 11.1 Å². The van der Waals surface area contributed by atoms with Gasteiger partial charge in [-0.1, -0.05) is 6.92 Å². The van der Waals surface area contributed by atoms with Crippen molar-refractivity contribution < 1.29 is 8.42 Å². The Morgan fingerprint density at radius 3 is 2.78 bits per heavy atom. The van der Waals surface area contributed by atoms with E-state index in [0.717, 1.165) is 12.2 Å². The molecule has 0 aromatic carbocycles. The predicted octanol–water partition coefficient (Wildman–Crippen LogP) is 0.859. The zero-order valence-corrected chi connectivity index (χ0v) is 12.6. The second-order valence-corrected chi connectivity index (χ2v) is 6.96. The van der Waals surface area contributed by atoms with E-state index in [1.165, 1.54) is 10.5 Å². The van der Waals surface area contributed by atoms with Crippen molar-refractivity contribution in [3.63, 3.8) is 0 Å². The molecular weight excluding hydrogens is 272 g/mol. The molecule has 0 aliphatic heterocycles. The number of aryl methyl sites for hydroxylation is 1. The highest BCUT2D eigenvalue weighted by Crippen LogP contribution is 2.20. The Balaban J connectivity index is 2.97. The maximum absolute atomic E-state index is 12.3. The van der Waals surface area contributed by atoms with Crippen LogP contribution in [-0.4, -0.2) is 48.1 Å². The highest BCUT2D eigenvalue weighted by Gasteiger charge is 2.25. The molecule has 0 aliphatic carbocycles. The van der Waals surface area contributed by atoms with Crippen LogP contribution in [0.4, 0.5) is 5.82 Å². The van der Waals surface area contributed by atoms with E-state index in [4.69, 9.17) is 5.73 Å². The molecule has 8 heteroatoms. The lowest BCUT2D eigenvalue weighted by Crippen LogP contribution is -2.29. The Kier molecular flexibility index (Phi) is 5.48. The first-order valence-corrected chi connectivity index (χ1v) is 8.55. The van der Waals surface area contributed by atoms with Crippen molar-refractivity contribution in [3.8, 4) is 0 Å². The van der Waals surface area contributed by atoms with Gasteiger partial charge in [-0.05, 0) is 12.7 Å². The van der Waals surface area contributed by atoms with E-state index in [0.29, 0.717) is 13.1 Å². The zero-order chi connectivity index (χ0) is 13.8. The second kappa shape index (κ2) is 6.44. The summed E-state index contributed by atoms with van der Waals surface area (Å²) in [6.07, 6.45) is 4.32. The van der Waals surface area contributed by atoms with E-state index in [1.807, 2.05) is 13.2 Å². The third-order valence-corrected chi connectivity index (χ3v) is 4.97. The molecule has 0 saturated heterocycles. The minimum atomic E-state index is -3.53. The molecule has 1 aromatic rings. The van der Waals surface area contributed by atoms with E-state index < -0.39 is 10.0 Å². The number of nitrogen functional groups attached to an aromatic ring is 1. The van der Waals surface area contributed by atoms with Crippen molar-refractivity contribution in [2.45, 2.75) is 24.8 Å². The van der Waals surface area contributed by atoms with Gasteiger partial charge in [0, 0.05) is 32.1 Å². The summed E-state index contributed by atoms with van der Waals surface area (Å²) in [5, 5.41) is 4.01. The monoisotopic (exact) mass is 292 g/mol. The average molecular weight is 292 g/mol. The molecule has 0 unspecified atom stereocenters. The van der Waals surface area contributed by atoms with Crippen LogP contribution < -0.4 is 5.73 Å². The van der Waals surface area contributed by atoms with Gasteiger partial charge in [0.1, 0.15) is 4.90 Å². The zero-order valence-electron chi connectivity index (χ0n) is 11.0. The van der Waals surface area contributed by atoms with Crippen LogP contribution >= 0.6 is 11.8 Å². The van der Waals surface area contributed by atoms with Crippen LogP contribution in [0.2, 0.25) is 0 Å². The normalized spacial score (nSPS) is 12.2. The molecule has 0 radical (unpaired) electrons. The fraction of sp³-hybridized carbons (Fsp3) is 0.700. The van der Waals surface area contributed by atoms with Crippen LogP contribution in [0.5, 0.6) is 0 Å². The van der Waals surface area contributed by atoms with Crippen molar-refractivity contribution in [1.29, 1.82) is 0 Å². The van der Waals surface area contributed by atoms with Gasteiger partial charge in [0.2, 0.25) is 10.0 Å². The SMILES string of the molecule is CCCn1cc(S(=O)(=O)N(C)CCSC)c(N)n1. The van der Waals surface area contributed by atoms with E-state index in [1.54, 1.807) is 23.5 Å². The van der Waals surface area contributed by atoms with Crippen LogP contribution in [0, 0.1) is 0 Å². The fourth-order valence-electron chi connectivity index (χ4n) is 1.47. The van der Waals surface area contributed by atoms with Gasteiger partial charge in [-0.15, -0.1) is 0 Å². The van der Waals surface area contributed by atoms with E-state index in [9.17, 15) is 8.42 Å². The largest absolute Gasteiger partial charge is 0.381 e. The highest BCUT2D eigenvalue weighted by molar-refractivity contribution is 7.98. The lowest BCUT2D eigenvalue weighted by Gasteiger charge is -2.15. The summed E-state index contributed by atoms with van der Waals surface area (Å²) < 4.78 is 27.4. The molecule has 104 valence electrons. The lowest BCUT2D eigenvalue weighted by atomic mass is 10.5. The van der Waals surface area contributed by atoms with Crippen LogP contribution in [0.1, 0.15) is 13.3 Å². The summed E-state index contributed by atoms with van der Waals surface area (Å²) >= 11 is 1.60. The van der Waals surface area contributed by atoms with Crippen LogP contribution in [0.3, 0.4) is 0 Å². The molecule has 0 saturated carbocycles. The first-order valence-electron chi connectivity index (χ1n) is 5.71. The number of thioether (sulfide) groups is 1. The van der Waals surface area contributed by atoms with Gasteiger partial charge in [0.05, 0.1) is 0 Å². The fourth-order valence-corrected chi connectivity index (χ4v) is 3.27. The molecule has 2 N–H and O–H groups in total. The van der Waals surface area contributed by atoms with E-state index in [2.05, 4.69) is 5.10 Å². The first-order chi connectivity index (χ1) is 8.43. The summed E-state index contributed by atoms with van der Waals surface area (Å²) in [5.74, 6) is 0.818. The first kappa shape index (κ1) is 15.3. The van der Waals surface area contributed by atoms with Gasteiger partial charge in [-0.3, -0.25) is 4.68 Å². The predicted molar refractivity (Wildman–Crippen MR) is 75.1 cm³/mol. The topological polar surface area (TPSA) is 81.2 Å². The molecule has 1 aromatic heterocycles. The smallest absolute Gasteiger partial charge is 0.248 e. The Hall–Kier alpha value is -0.730. The van der Waals surface area contributed by atoms with Crippen molar-refractivity contribution in [1.82, 2.24) is 14.1 Å². The van der Waals surface area contributed by atoms with E-state index >= 15 is 0 Å². The number of nitrogens with zero attached hydrogens (tertiary/aromatic N) is 3. The van der Waals surface area contributed by atoms with Gasteiger partial charge in [0.15, 0.2) is 5.82 Å². The minimum Gasteiger partial charge on any atom is -0.381 e. The molecule has 18 heavy (non-hydrogen) atoms. The molecule has 0 atom stereocenters. The maximum atomic E-state index is 12.3. The molecule has 0 amide bonds. The van der Waals surface area contributed by atoms with Crippen molar-refractivity contribution >= 4 is 27.6 Å². The number of aromatic nitrogens is 2. The summed E-state index contributed by atoms with van der Waals surface area (Å²) in [6, 6.07) is 0. The maximum Gasteiger partial charge on any atom is 0.248 e. The number of sulfonamides is 1. The molecule has 6 nitrogen and oxygen atoms in total. The number of nitrogens with two attached hydrogens (primary N) is 1. The molecule has 1 rings (SSSR count). The third kappa shape index (κ3) is 3.39. The van der Waals surface area contributed by atoms with Gasteiger partial charge < -0.3 is 5.73 Å².